The van der Waals surface area contributed by atoms with Crippen LogP contribution in [0.15, 0.2) is 42.5 Å². The van der Waals surface area contributed by atoms with Crippen molar-refractivity contribution in [3.63, 3.8) is 0 Å². The van der Waals surface area contributed by atoms with E-state index >= 15 is 0 Å². The lowest BCUT2D eigenvalue weighted by atomic mass is 9.98. The van der Waals surface area contributed by atoms with Crippen LogP contribution in [0.25, 0.3) is 11.1 Å². The second kappa shape index (κ2) is 5.88. The molecule has 2 aromatic carbocycles. The van der Waals surface area contributed by atoms with Gasteiger partial charge in [0.2, 0.25) is 0 Å². The monoisotopic (exact) mass is 291 g/mol. The molecule has 0 N–H and O–H groups in total. The second-order valence-electron chi connectivity index (χ2n) is 4.55. The number of aryl methyl sites for hydroxylation is 1. The van der Waals surface area contributed by atoms with Gasteiger partial charge in [-0.2, -0.15) is 5.26 Å². The molecular weight excluding hydrogens is 279 g/mol. The van der Waals surface area contributed by atoms with Crippen molar-refractivity contribution in [3.8, 4) is 22.9 Å². The van der Waals surface area contributed by atoms with Crippen LogP contribution in [-0.4, -0.2) is 6.36 Å². The summed E-state index contributed by atoms with van der Waals surface area (Å²) in [6.07, 6.45) is -4.39. The van der Waals surface area contributed by atoms with Gasteiger partial charge in [-0.25, -0.2) is 0 Å². The summed E-state index contributed by atoms with van der Waals surface area (Å²) in [6, 6.07) is 13.3. The Hall–Kier alpha value is -2.48. The van der Waals surface area contributed by atoms with Gasteiger partial charge in [0, 0.05) is 0 Å². The van der Waals surface area contributed by atoms with Gasteiger partial charge in [-0.05, 0) is 41.3 Å². The van der Waals surface area contributed by atoms with Crippen molar-refractivity contribution in [2.75, 3.05) is 0 Å². The highest BCUT2D eigenvalue weighted by Gasteiger charge is 2.31. The molecule has 0 saturated heterocycles. The van der Waals surface area contributed by atoms with Gasteiger partial charge in [0.15, 0.2) is 0 Å². The van der Waals surface area contributed by atoms with Crippen molar-refractivity contribution >= 4 is 0 Å². The first-order chi connectivity index (χ1) is 9.89. The van der Waals surface area contributed by atoms with Gasteiger partial charge < -0.3 is 4.74 Å². The summed E-state index contributed by atoms with van der Waals surface area (Å²) in [6.45, 7) is 1.87. The maximum absolute atomic E-state index is 12.2. The molecule has 0 aliphatic heterocycles. The molecule has 2 nitrogen and oxygen atoms in total. The van der Waals surface area contributed by atoms with E-state index in [0.717, 1.165) is 16.7 Å². The lowest BCUT2D eigenvalue weighted by molar-refractivity contribution is -0.274. The van der Waals surface area contributed by atoms with Crippen LogP contribution in [0.1, 0.15) is 11.1 Å². The van der Waals surface area contributed by atoms with Gasteiger partial charge in [0.25, 0.3) is 0 Å². The Kier molecular flexibility index (Phi) is 4.18. The standard InChI is InChI=1S/C16H12F3NO/c1-11-9-14(6-5-12(11)7-8-20)13-3-2-4-15(10-13)21-16(17,18)19/h2-6,9-10H,7H2,1H3. The number of alkyl halides is 3. The molecule has 0 atom stereocenters. The molecule has 2 aromatic rings. The predicted molar refractivity (Wildman–Crippen MR) is 72.6 cm³/mol. The Bertz CT molecular complexity index is 687. The van der Waals surface area contributed by atoms with Crippen LogP contribution < -0.4 is 4.74 Å². The highest BCUT2D eigenvalue weighted by atomic mass is 19.4. The number of ether oxygens (including phenoxy) is 1. The minimum Gasteiger partial charge on any atom is -0.406 e. The van der Waals surface area contributed by atoms with E-state index in [1.54, 1.807) is 12.1 Å². The van der Waals surface area contributed by atoms with Crippen LogP contribution in [0.3, 0.4) is 0 Å². The average molecular weight is 291 g/mol. The number of hydrogen-bond donors (Lipinski definition) is 0. The first kappa shape index (κ1) is 14.9. The van der Waals surface area contributed by atoms with E-state index in [1.165, 1.54) is 18.2 Å². The third-order valence-corrected chi connectivity index (χ3v) is 3.01. The zero-order valence-corrected chi connectivity index (χ0v) is 11.2. The van der Waals surface area contributed by atoms with E-state index in [0.29, 0.717) is 12.0 Å². The minimum atomic E-state index is -4.70. The van der Waals surface area contributed by atoms with Crippen LogP contribution in [0, 0.1) is 18.3 Å². The van der Waals surface area contributed by atoms with Crippen LogP contribution in [0.5, 0.6) is 5.75 Å². The highest BCUT2D eigenvalue weighted by Crippen LogP contribution is 2.29. The number of benzene rings is 2. The summed E-state index contributed by atoms with van der Waals surface area (Å²) in [5.41, 5.74) is 3.24. The van der Waals surface area contributed by atoms with Crippen molar-refractivity contribution in [2.45, 2.75) is 19.7 Å². The summed E-state index contributed by atoms with van der Waals surface area (Å²) < 4.78 is 40.6. The molecule has 0 aliphatic rings. The van der Waals surface area contributed by atoms with Gasteiger partial charge in [0.1, 0.15) is 5.75 Å². The summed E-state index contributed by atoms with van der Waals surface area (Å²) in [5.74, 6) is -0.251. The van der Waals surface area contributed by atoms with Crippen molar-refractivity contribution in [1.82, 2.24) is 0 Å². The van der Waals surface area contributed by atoms with Gasteiger partial charge in [-0.1, -0.05) is 30.3 Å². The molecule has 0 aromatic heterocycles. The molecule has 0 bridgehead atoms. The van der Waals surface area contributed by atoms with E-state index in [-0.39, 0.29) is 5.75 Å². The van der Waals surface area contributed by atoms with Gasteiger partial charge in [-0.3, -0.25) is 0 Å². The molecule has 108 valence electrons. The normalized spacial score (nSPS) is 11.0. The van der Waals surface area contributed by atoms with Gasteiger partial charge >= 0.3 is 6.36 Å². The van der Waals surface area contributed by atoms with Gasteiger partial charge in [-0.15, -0.1) is 13.2 Å². The SMILES string of the molecule is Cc1cc(-c2cccc(OC(F)(F)F)c2)ccc1CC#N. The Morgan fingerprint density at radius 3 is 2.43 bits per heavy atom. The summed E-state index contributed by atoms with van der Waals surface area (Å²) in [7, 11) is 0. The average Bonchev–Trinajstić information content (AvgIpc) is 2.39. The fourth-order valence-electron chi connectivity index (χ4n) is 2.03. The zero-order chi connectivity index (χ0) is 15.5. The van der Waals surface area contributed by atoms with E-state index in [1.807, 2.05) is 19.1 Å². The lowest BCUT2D eigenvalue weighted by Gasteiger charge is -2.11. The maximum Gasteiger partial charge on any atom is 0.573 e. The topological polar surface area (TPSA) is 33.0 Å². The van der Waals surface area contributed by atoms with Crippen LogP contribution in [0.4, 0.5) is 13.2 Å². The fourth-order valence-corrected chi connectivity index (χ4v) is 2.03. The first-order valence-electron chi connectivity index (χ1n) is 6.22. The molecule has 0 amide bonds. The molecule has 0 saturated carbocycles. The molecule has 0 unspecified atom stereocenters. The van der Waals surface area contributed by atoms with Crippen molar-refractivity contribution < 1.29 is 17.9 Å². The van der Waals surface area contributed by atoms with Crippen molar-refractivity contribution in [2.24, 2.45) is 0 Å². The molecule has 0 aliphatic carbocycles. The van der Waals surface area contributed by atoms with Crippen LogP contribution >= 0.6 is 0 Å². The molecule has 2 rings (SSSR count). The smallest absolute Gasteiger partial charge is 0.406 e. The number of nitriles is 1. The number of hydrogen-bond acceptors (Lipinski definition) is 2. The van der Waals surface area contributed by atoms with Crippen LogP contribution in [0.2, 0.25) is 0 Å². The Morgan fingerprint density at radius 2 is 1.81 bits per heavy atom. The minimum absolute atomic E-state index is 0.251. The number of nitrogens with zero attached hydrogens (tertiary/aromatic N) is 1. The molecular formula is C16H12F3NO. The van der Waals surface area contributed by atoms with Crippen molar-refractivity contribution in [3.05, 3.63) is 53.6 Å². The quantitative estimate of drug-likeness (QED) is 0.826. The van der Waals surface area contributed by atoms with E-state index < -0.39 is 6.36 Å². The first-order valence-corrected chi connectivity index (χ1v) is 6.22. The molecule has 5 heteroatoms. The molecule has 0 spiro atoms. The lowest BCUT2D eigenvalue weighted by Crippen LogP contribution is -2.17. The summed E-state index contributed by atoms with van der Waals surface area (Å²) >= 11 is 0. The molecule has 0 fully saturated rings. The number of rotatable bonds is 3. The Labute approximate surface area is 120 Å². The van der Waals surface area contributed by atoms with E-state index in [9.17, 15) is 13.2 Å². The van der Waals surface area contributed by atoms with E-state index in [4.69, 9.17) is 5.26 Å². The largest absolute Gasteiger partial charge is 0.573 e. The van der Waals surface area contributed by atoms with Crippen molar-refractivity contribution in [1.29, 1.82) is 5.26 Å². The number of halogens is 3. The van der Waals surface area contributed by atoms with Crippen LogP contribution in [-0.2, 0) is 6.42 Å². The third kappa shape index (κ3) is 3.99. The predicted octanol–water partition coefficient (Wildman–Crippen LogP) is 4.63. The second-order valence-corrected chi connectivity index (χ2v) is 4.55. The van der Waals surface area contributed by atoms with Gasteiger partial charge in [0.05, 0.1) is 12.5 Å². The van der Waals surface area contributed by atoms with E-state index in [2.05, 4.69) is 10.8 Å². The summed E-state index contributed by atoms with van der Waals surface area (Å²) in [4.78, 5) is 0. The molecule has 0 heterocycles. The Balaban J connectivity index is 2.32. The molecule has 21 heavy (non-hydrogen) atoms. The highest BCUT2D eigenvalue weighted by molar-refractivity contribution is 5.66. The summed E-state index contributed by atoms with van der Waals surface area (Å²) in [5, 5.41) is 8.70. The Morgan fingerprint density at radius 1 is 1.10 bits per heavy atom. The fraction of sp³-hybridized carbons (Fsp3) is 0.188. The maximum atomic E-state index is 12.2. The molecule has 0 radical (unpaired) electrons. The zero-order valence-electron chi connectivity index (χ0n) is 11.2. The third-order valence-electron chi connectivity index (χ3n) is 3.01.